The zero-order valence-corrected chi connectivity index (χ0v) is 53.2. The Bertz CT molecular complexity index is 2870. The molecule has 4 aliphatic carbocycles. The number of para-hydroxylation sites is 1. The molecule has 4 aliphatic rings. The van der Waals surface area contributed by atoms with E-state index >= 15 is 0 Å². The Balaban J connectivity index is 0.000000182. The zero-order valence-electron chi connectivity index (χ0n) is 46.3. The van der Waals surface area contributed by atoms with Crippen molar-refractivity contribution >= 4 is 11.3 Å². The van der Waals surface area contributed by atoms with Gasteiger partial charge in [0.1, 0.15) is 23.8 Å². The van der Waals surface area contributed by atoms with Gasteiger partial charge in [0.15, 0.2) is 11.0 Å². The summed E-state index contributed by atoms with van der Waals surface area (Å²) in [5, 5.41) is 15.5. The molecule has 1 aromatic carbocycles. The number of rotatable bonds is 15. The number of nitrogens with zero attached hydrogens (tertiary/aromatic N) is 9. The van der Waals surface area contributed by atoms with Crippen molar-refractivity contribution < 1.29 is 76.8 Å². The first-order valence-corrected chi connectivity index (χ1v) is 28.3. The maximum Gasteiger partial charge on any atom is 0.237 e. The molecule has 1 N–H and O–H groups in total. The van der Waals surface area contributed by atoms with Gasteiger partial charge in [-0.15, -0.1) is 11.3 Å². The van der Waals surface area contributed by atoms with Crippen LogP contribution in [0.4, 0.5) is 0 Å². The van der Waals surface area contributed by atoms with Gasteiger partial charge in [0, 0.05) is 97.3 Å². The summed E-state index contributed by atoms with van der Waals surface area (Å²) in [6, 6.07) is 14.8. The first-order valence-electron chi connectivity index (χ1n) is 27.5. The Labute approximate surface area is 499 Å². The predicted octanol–water partition coefficient (Wildman–Crippen LogP) is 15.1. The summed E-state index contributed by atoms with van der Waals surface area (Å²) in [4.78, 5) is 28.5. The van der Waals surface area contributed by atoms with Gasteiger partial charge in [-0.1, -0.05) is 148 Å². The van der Waals surface area contributed by atoms with Crippen LogP contribution in [0.5, 0.6) is 17.0 Å². The number of aryl methyl sites for hydroxylation is 3. The average molecular weight is 1510 g/mol. The van der Waals surface area contributed by atoms with Crippen LogP contribution >= 0.6 is 11.3 Å². The molecule has 4 saturated carbocycles. The van der Waals surface area contributed by atoms with Gasteiger partial charge in [-0.2, -0.15) is 10.1 Å². The molecule has 0 bridgehead atoms. The van der Waals surface area contributed by atoms with E-state index in [0.29, 0.717) is 50.4 Å². The minimum Gasteiger partial charge on any atom is -0.498 e. The molecule has 16 heteroatoms. The molecule has 1 unspecified atom stereocenters. The summed E-state index contributed by atoms with van der Waals surface area (Å²) in [6.07, 6.45) is 34.9. The molecule has 1 atom stereocenters. The molecule has 0 radical (unpaired) electrons. The Morgan fingerprint density at radius 3 is 2.03 bits per heavy atom. The van der Waals surface area contributed by atoms with Crippen LogP contribution in [-0.4, -0.2) is 39.4 Å². The average Bonchev–Trinajstić information content (AvgIpc) is 4.20. The van der Waals surface area contributed by atoms with E-state index in [1.165, 1.54) is 120 Å². The quantitative estimate of drug-likeness (QED) is 0.0985. The SMILES string of the molecule is CC1(Cc2cc(-n3nccc3CC3(C)CCCC3)c(O)s2)CCCC1.Cc1nc(C(C)(C)c2nc(CCC3(C)CCCC3)c[n-]2)co1.Cc1nc(Oc2nc(C(C)C3(C)CCCC3)c[n-]2)cn1-c1ccccc1.[Pd].[Pt].[Pt]. The Hall–Kier alpha value is -3.39. The van der Waals surface area contributed by atoms with Gasteiger partial charge in [-0.25, -0.2) is 9.67 Å². The molecule has 0 aliphatic heterocycles. The topological polar surface area (TPSA) is 145 Å². The van der Waals surface area contributed by atoms with E-state index in [9.17, 15) is 5.11 Å². The van der Waals surface area contributed by atoms with E-state index in [4.69, 9.17) is 14.1 Å². The second-order valence-electron chi connectivity index (χ2n) is 24.2. The van der Waals surface area contributed by atoms with Crippen molar-refractivity contribution in [3.63, 3.8) is 0 Å². The zero-order chi connectivity index (χ0) is 51.4. The van der Waals surface area contributed by atoms with Crippen LogP contribution in [0.15, 0.2) is 77.9 Å². The monoisotopic (exact) mass is 1500 g/mol. The van der Waals surface area contributed by atoms with Gasteiger partial charge in [-0.3, -0.25) is 4.57 Å². The molecule has 0 saturated heterocycles. The van der Waals surface area contributed by atoms with E-state index in [1.54, 1.807) is 17.6 Å². The number of oxazole rings is 1. The summed E-state index contributed by atoms with van der Waals surface area (Å²) in [5.41, 5.74) is 7.52. The van der Waals surface area contributed by atoms with Crippen LogP contribution in [0.3, 0.4) is 0 Å². The van der Waals surface area contributed by atoms with Crippen LogP contribution in [0.2, 0.25) is 0 Å². The second kappa shape index (κ2) is 26.3. The Morgan fingerprint density at radius 2 is 1.39 bits per heavy atom. The van der Waals surface area contributed by atoms with Crippen molar-refractivity contribution in [1.29, 1.82) is 0 Å². The first-order chi connectivity index (χ1) is 34.9. The summed E-state index contributed by atoms with van der Waals surface area (Å²) < 4.78 is 15.2. The fourth-order valence-electron chi connectivity index (χ4n) is 12.4. The maximum absolute atomic E-state index is 10.6. The Kier molecular flexibility index (Phi) is 21.4. The minimum absolute atomic E-state index is 0. The molecule has 0 spiro atoms. The van der Waals surface area contributed by atoms with Crippen molar-refractivity contribution in [3.8, 4) is 28.3 Å². The third kappa shape index (κ3) is 14.9. The van der Waals surface area contributed by atoms with E-state index in [-0.39, 0.29) is 68.0 Å². The largest absolute Gasteiger partial charge is 0.498 e. The van der Waals surface area contributed by atoms with Gasteiger partial charge in [-0.05, 0) is 136 Å². The smallest absolute Gasteiger partial charge is 0.237 e. The third-order valence-corrected chi connectivity index (χ3v) is 18.5. The number of imidazole rings is 3. The number of benzene rings is 1. The van der Waals surface area contributed by atoms with E-state index < -0.39 is 0 Å². The summed E-state index contributed by atoms with van der Waals surface area (Å²) in [7, 11) is 0. The normalized spacial score (nSPS) is 18.3. The summed E-state index contributed by atoms with van der Waals surface area (Å²) in [6.45, 7) is 19.9. The van der Waals surface area contributed by atoms with Crippen molar-refractivity contribution in [2.24, 2.45) is 21.7 Å². The first kappa shape index (κ1) is 61.8. The standard InChI is InChI=1S/C21H25N4O.C21H30N2OS.C18H26N3O.Pd.2Pt/c1-15(21(3)11-7-8-12-21)18-13-22-20(24-18)26-19-14-25(16(2)23-19)17-9-5-4-6-10-17;1-20(8-3-4-9-20)14-16-7-12-22-23(16)18-13-17(25-19(18)24)15-21(2)10-5-6-11-21;1-13-20-15(12-22-13)17(2,3)16-19-11-14(21-16)7-10-18(4)8-5-6-9-18;;;/h4-6,9-10,13-15H,7-8,11-12H2,1-3H3;7,12-13,24H,3-6,8-11,14-15H2,1-2H3;11-12H,5-10H2,1-4H3;;;/q-1;;-1;;;. The van der Waals surface area contributed by atoms with Crippen molar-refractivity contribution in [2.75, 3.05) is 0 Å². The number of aromatic hydroxyl groups is 1. The Morgan fingerprint density at radius 1 is 0.776 bits per heavy atom. The van der Waals surface area contributed by atoms with Crippen LogP contribution in [0.1, 0.15) is 209 Å². The molecular weight excluding hydrogens is 1420 g/mol. The number of ether oxygens (including phenoxy) is 1. The van der Waals surface area contributed by atoms with Gasteiger partial charge in [0.2, 0.25) is 5.88 Å². The van der Waals surface area contributed by atoms with Gasteiger partial charge in [0.05, 0.1) is 11.9 Å². The third-order valence-electron chi connectivity index (χ3n) is 17.6. The molecule has 7 aromatic rings. The molecule has 6 aromatic heterocycles. The van der Waals surface area contributed by atoms with Gasteiger partial charge < -0.3 is 34.2 Å². The molecule has 12 nitrogen and oxygen atoms in total. The molecule has 11 rings (SSSR count). The number of hydrogen-bond donors (Lipinski definition) is 1. The van der Waals surface area contributed by atoms with Gasteiger partial charge in [0.25, 0.3) is 0 Å². The molecular formula is C60H81N9O3PdPt2S-2. The number of hydrogen-bond acceptors (Lipinski definition) is 9. The maximum atomic E-state index is 10.6. The molecule has 76 heavy (non-hydrogen) atoms. The summed E-state index contributed by atoms with van der Waals surface area (Å²) >= 11 is 1.54. The van der Waals surface area contributed by atoms with Crippen LogP contribution in [-0.2, 0) is 87.2 Å². The second-order valence-corrected chi connectivity index (χ2v) is 25.3. The minimum atomic E-state index is -0.312. The summed E-state index contributed by atoms with van der Waals surface area (Å²) in [5.74, 6) is 3.29. The van der Waals surface area contributed by atoms with E-state index in [2.05, 4.69) is 90.6 Å². The van der Waals surface area contributed by atoms with Crippen molar-refractivity contribution in [3.05, 3.63) is 119 Å². The van der Waals surface area contributed by atoms with E-state index in [0.717, 1.165) is 59.4 Å². The van der Waals surface area contributed by atoms with Crippen molar-refractivity contribution in [2.45, 2.75) is 202 Å². The molecule has 0 amide bonds. The van der Waals surface area contributed by atoms with E-state index in [1.807, 2.05) is 78.2 Å². The molecule has 422 valence electrons. The van der Waals surface area contributed by atoms with Gasteiger partial charge >= 0.3 is 0 Å². The van der Waals surface area contributed by atoms with Crippen LogP contribution in [0.25, 0.3) is 11.4 Å². The number of aromatic nitrogens is 9. The molecule has 4 fully saturated rings. The fraction of sp³-hybridized carbons (Fsp3) is 0.583. The van der Waals surface area contributed by atoms with Crippen LogP contribution < -0.4 is 14.7 Å². The predicted molar refractivity (Wildman–Crippen MR) is 290 cm³/mol. The van der Waals surface area contributed by atoms with Crippen molar-refractivity contribution in [1.82, 2.24) is 44.3 Å². The fourth-order valence-corrected chi connectivity index (χ4v) is 13.5. The van der Waals surface area contributed by atoms with Crippen LogP contribution in [0, 0.1) is 35.5 Å². The molecule has 6 heterocycles. The number of thiophene rings is 1.